The standard InChI is InChI=1S/C20H33N3O5S/c1-6-23(7-2)29(25,26)17-9-10-19(27-8-3)18(11-17)21-20(24)14-22-12-15(4)28-16(5)13-22/h9-11,15-16H,6-8,12-14H2,1-5H3,(H,21,24)/t15-,16-/m1/s1. The fraction of sp³-hybridized carbons (Fsp3) is 0.650. The van der Waals surface area contributed by atoms with Crippen LogP contribution < -0.4 is 10.1 Å². The topological polar surface area (TPSA) is 88.2 Å². The summed E-state index contributed by atoms with van der Waals surface area (Å²) in [5, 5.41) is 2.83. The molecule has 0 unspecified atom stereocenters. The summed E-state index contributed by atoms with van der Waals surface area (Å²) in [6.07, 6.45) is 0.126. The van der Waals surface area contributed by atoms with Crippen molar-refractivity contribution in [3.8, 4) is 5.75 Å². The molecule has 1 heterocycles. The van der Waals surface area contributed by atoms with Gasteiger partial charge in [0.05, 0.1) is 35.9 Å². The predicted octanol–water partition coefficient (Wildman–Crippen LogP) is 2.16. The van der Waals surface area contributed by atoms with Crippen LogP contribution in [-0.4, -0.2) is 75.1 Å². The van der Waals surface area contributed by atoms with Crippen LogP contribution in [0.2, 0.25) is 0 Å². The molecule has 1 aromatic carbocycles. The van der Waals surface area contributed by atoms with Crippen LogP contribution in [0.25, 0.3) is 0 Å². The van der Waals surface area contributed by atoms with E-state index in [0.717, 1.165) is 0 Å². The van der Waals surface area contributed by atoms with Crippen molar-refractivity contribution < 1.29 is 22.7 Å². The van der Waals surface area contributed by atoms with Crippen molar-refractivity contribution in [2.24, 2.45) is 0 Å². The molecule has 8 nitrogen and oxygen atoms in total. The molecule has 9 heteroatoms. The Morgan fingerprint density at radius 2 is 1.83 bits per heavy atom. The summed E-state index contributed by atoms with van der Waals surface area (Å²) >= 11 is 0. The molecule has 0 radical (unpaired) electrons. The Bertz CT molecular complexity index is 785. The van der Waals surface area contributed by atoms with Gasteiger partial charge in [0.25, 0.3) is 0 Å². The van der Waals surface area contributed by atoms with Gasteiger partial charge in [0.2, 0.25) is 15.9 Å². The highest BCUT2D eigenvalue weighted by atomic mass is 32.2. The average molecular weight is 428 g/mol. The van der Waals surface area contributed by atoms with Gasteiger partial charge in [0.1, 0.15) is 5.75 Å². The summed E-state index contributed by atoms with van der Waals surface area (Å²) in [4.78, 5) is 14.8. The van der Waals surface area contributed by atoms with Crippen LogP contribution in [0.15, 0.2) is 23.1 Å². The van der Waals surface area contributed by atoms with Crippen LogP contribution in [0, 0.1) is 0 Å². The van der Waals surface area contributed by atoms with Gasteiger partial charge in [-0.05, 0) is 39.0 Å². The van der Waals surface area contributed by atoms with Crippen LogP contribution in [0.5, 0.6) is 5.75 Å². The lowest BCUT2D eigenvalue weighted by atomic mass is 10.2. The van der Waals surface area contributed by atoms with Gasteiger partial charge in [0.15, 0.2) is 0 Å². The molecule has 2 rings (SSSR count). The summed E-state index contributed by atoms with van der Waals surface area (Å²) in [5.41, 5.74) is 0.361. The van der Waals surface area contributed by atoms with E-state index in [1.807, 2.05) is 25.7 Å². The molecule has 29 heavy (non-hydrogen) atoms. The van der Waals surface area contributed by atoms with E-state index in [1.54, 1.807) is 19.9 Å². The zero-order chi connectivity index (χ0) is 21.6. The van der Waals surface area contributed by atoms with Crippen molar-refractivity contribution in [3.63, 3.8) is 0 Å². The maximum Gasteiger partial charge on any atom is 0.243 e. The summed E-state index contributed by atoms with van der Waals surface area (Å²) in [7, 11) is -3.63. The molecule has 0 aliphatic carbocycles. The first-order valence-corrected chi connectivity index (χ1v) is 11.6. The molecular formula is C20H33N3O5S. The number of nitrogens with zero attached hydrogens (tertiary/aromatic N) is 2. The van der Waals surface area contributed by atoms with Gasteiger partial charge in [-0.1, -0.05) is 13.8 Å². The first-order valence-electron chi connectivity index (χ1n) is 10.2. The molecule has 1 aromatic rings. The van der Waals surface area contributed by atoms with E-state index >= 15 is 0 Å². The third-order valence-electron chi connectivity index (χ3n) is 4.73. The van der Waals surface area contributed by atoms with Crippen LogP contribution >= 0.6 is 0 Å². The third kappa shape index (κ3) is 6.15. The quantitative estimate of drug-likeness (QED) is 0.650. The molecule has 2 atom stereocenters. The van der Waals surface area contributed by atoms with Crippen molar-refractivity contribution in [3.05, 3.63) is 18.2 Å². The molecule has 1 fully saturated rings. The van der Waals surface area contributed by atoms with Crippen LogP contribution in [0.4, 0.5) is 5.69 Å². The fourth-order valence-corrected chi connectivity index (χ4v) is 5.05. The first-order chi connectivity index (χ1) is 13.7. The van der Waals surface area contributed by atoms with Crippen LogP contribution in [-0.2, 0) is 19.6 Å². The second kappa shape index (κ2) is 10.4. The number of morpholine rings is 1. The molecule has 0 bridgehead atoms. The Labute approximate surface area is 174 Å². The minimum absolute atomic E-state index is 0.0630. The van der Waals surface area contributed by atoms with Gasteiger partial charge >= 0.3 is 0 Å². The van der Waals surface area contributed by atoms with Crippen molar-refractivity contribution in [1.29, 1.82) is 0 Å². The summed E-state index contributed by atoms with van der Waals surface area (Å²) in [6, 6.07) is 4.58. The molecule has 0 spiro atoms. The molecule has 164 valence electrons. The molecule has 0 saturated carbocycles. The molecular weight excluding hydrogens is 394 g/mol. The third-order valence-corrected chi connectivity index (χ3v) is 6.78. The zero-order valence-electron chi connectivity index (χ0n) is 18.0. The smallest absolute Gasteiger partial charge is 0.243 e. The van der Waals surface area contributed by atoms with E-state index < -0.39 is 10.0 Å². The summed E-state index contributed by atoms with van der Waals surface area (Å²) in [6.45, 7) is 12.1. The first kappa shape index (κ1) is 23.6. The average Bonchev–Trinajstić information content (AvgIpc) is 2.63. The van der Waals surface area contributed by atoms with Crippen LogP contribution in [0.1, 0.15) is 34.6 Å². The van der Waals surface area contributed by atoms with Gasteiger partial charge in [0, 0.05) is 26.2 Å². The van der Waals surface area contributed by atoms with Gasteiger partial charge in [-0.2, -0.15) is 4.31 Å². The highest BCUT2D eigenvalue weighted by Crippen LogP contribution is 2.29. The lowest BCUT2D eigenvalue weighted by Crippen LogP contribution is -2.48. The Balaban J connectivity index is 2.22. The number of ether oxygens (including phenoxy) is 2. The number of amides is 1. The lowest BCUT2D eigenvalue weighted by Gasteiger charge is -2.34. The second-order valence-corrected chi connectivity index (χ2v) is 9.12. The fourth-order valence-electron chi connectivity index (χ4n) is 3.57. The molecule has 1 N–H and O–H groups in total. The monoisotopic (exact) mass is 427 g/mol. The minimum atomic E-state index is -3.63. The minimum Gasteiger partial charge on any atom is -0.492 e. The highest BCUT2D eigenvalue weighted by molar-refractivity contribution is 7.89. The summed E-state index contributed by atoms with van der Waals surface area (Å²) in [5.74, 6) is 0.229. The molecule has 0 aromatic heterocycles. The molecule has 1 aliphatic heterocycles. The van der Waals surface area contributed by atoms with E-state index in [0.29, 0.717) is 44.2 Å². The Kier molecular flexibility index (Phi) is 8.45. The van der Waals surface area contributed by atoms with Crippen molar-refractivity contribution in [2.45, 2.75) is 51.7 Å². The number of rotatable bonds is 9. The van der Waals surface area contributed by atoms with Crippen molar-refractivity contribution >= 4 is 21.6 Å². The van der Waals surface area contributed by atoms with E-state index in [4.69, 9.17) is 9.47 Å². The lowest BCUT2D eigenvalue weighted by molar-refractivity contribution is -0.121. The Morgan fingerprint density at radius 3 is 2.38 bits per heavy atom. The maximum atomic E-state index is 12.8. The Hall–Kier alpha value is -1.68. The number of benzene rings is 1. The van der Waals surface area contributed by atoms with E-state index in [9.17, 15) is 13.2 Å². The summed E-state index contributed by atoms with van der Waals surface area (Å²) < 4.78 is 38.3. The highest BCUT2D eigenvalue weighted by Gasteiger charge is 2.26. The van der Waals surface area contributed by atoms with Crippen molar-refractivity contribution in [2.75, 3.05) is 44.6 Å². The predicted molar refractivity (Wildman–Crippen MR) is 113 cm³/mol. The largest absolute Gasteiger partial charge is 0.492 e. The number of nitrogens with one attached hydrogen (secondary N) is 1. The van der Waals surface area contributed by atoms with Gasteiger partial charge in [-0.3, -0.25) is 9.69 Å². The second-order valence-electron chi connectivity index (χ2n) is 7.18. The van der Waals surface area contributed by atoms with E-state index in [2.05, 4.69) is 5.32 Å². The van der Waals surface area contributed by atoms with Gasteiger partial charge < -0.3 is 14.8 Å². The van der Waals surface area contributed by atoms with Crippen molar-refractivity contribution in [1.82, 2.24) is 9.21 Å². The van der Waals surface area contributed by atoms with Gasteiger partial charge in [-0.15, -0.1) is 0 Å². The van der Waals surface area contributed by atoms with E-state index in [1.165, 1.54) is 16.4 Å². The number of sulfonamides is 1. The molecule has 1 aliphatic rings. The maximum absolute atomic E-state index is 12.8. The Morgan fingerprint density at radius 1 is 1.21 bits per heavy atom. The number of hydrogen-bond donors (Lipinski definition) is 1. The number of carbonyl (C=O) groups is 1. The molecule has 1 amide bonds. The SMILES string of the molecule is CCOc1ccc(S(=O)(=O)N(CC)CC)cc1NC(=O)CN1C[C@@H](C)O[C@H](C)C1. The zero-order valence-corrected chi connectivity index (χ0v) is 18.8. The number of anilines is 1. The van der Waals surface area contributed by atoms with E-state index in [-0.39, 0.29) is 29.6 Å². The number of carbonyl (C=O) groups excluding carboxylic acids is 1. The number of hydrogen-bond acceptors (Lipinski definition) is 6. The molecule has 1 saturated heterocycles. The van der Waals surface area contributed by atoms with Crippen LogP contribution in [0.3, 0.4) is 0 Å². The van der Waals surface area contributed by atoms with Gasteiger partial charge in [-0.25, -0.2) is 8.42 Å². The normalized spacial score (nSPS) is 20.6.